The van der Waals surface area contributed by atoms with E-state index >= 15 is 0 Å². The van der Waals surface area contributed by atoms with Crippen LogP contribution in [0.3, 0.4) is 0 Å². The van der Waals surface area contributed by atoms with E-state index in [4.69, 9.17) is 0 Å². The van der Waals surface area contributed by atoms with Gasteiger partial charge in [0.1, 0.15) is 6.54 Å². The van der Waals surface area contributed by atoms with Crippen LogP contribution in [-0.4, -0.2) is 51.4 Å². The Balaban J connectivity index is 1.57. The highest BCUT2D eigenvalue weighted by Crippen LogP contribution is 2.13. The van der Waals surface area contributed by atoms with E-state index in [9.17, 15) is 13.2 Å². The van der Waals surface area contributed by atoms with Crippen molar-refractivity contribution >= 4 is 15.9 Å². The van der Waals surface area contributed by atoms with Crippen molar-refractivity contribution < 1.29 is 18.1 Å². The molecular weight excluding hydrogens is 386 g/mol. The van der Waals surface area contributed by atoms with Gasteiger partial charge in [0.2, 0.25) is 10.0 Å². The summed E-state index contributed by atoms with van der Waals surface area (Å²) in [5.41, 5.74) is 1.84. The minimum atomic E-state index is -3.55. The number of hydrogen-bond donors (Lipinski definition) is 2. The SMILES string of the molecule is CC[C@H](C)NS(=O)(=O)c1ccc(C(=O)N2CC[NH+](Cc3ccccc3)CC2)cc1. The van der Waals surface area contributed by atoms with Crippen molar-refractivity contribution in [2.45, 2.75) is 37.8 Å². The summed E-state index contributed by atoms with van der Waals surface area (Å²) in [6.45, 7) is 7.95. The van der Waals surface area contributed by atoms with Gasteiger partial charge < -0.3 is 9.80 Å². The minimum Gasteiger partial charge on any atom is -0.328 e. The van der Waals surface area contributed by atoms with Crippen molar-refractivity contribution in [2.24, 2.45) is 0 Å². The molecule has 2 N–H and O–H groups in total. The molecule has 1 saturated heterocycles. The van der Waals surface area contributed by atoms with Crippen molar-refractivity contribution in [2.75, 3.05) is 26.2 Å². The first kappa shape index (κ1) is 21.5. The Morgan fingerprint density at radius 3 is 2.28 bits per heavy atom. The van der Waals surface area contributed by atoms with Gasteiger partial charge in [-0.25, -0.2) is 13.1 Å². The van der Waals surface area contributed by atoms with Crippen molar-refractivity contribution in [3.8, 4) is 0 Å². The lowest BCUT2D eigenvalue weighted by molar-refractivity contribution is -0.917. The molecule has 0 aliphatic carbocycles. The summed E-state index contributed by atoms with van der Waals surface area (Å²) in [6, 6.07) is 16.5. The van der Waals surface area contributed by atoms with Gasteiger partial charge in [-0.15, -0.1) is 0 Å². The van der Waals surface area contributed by atoms with E-state index in [1.807, 2.05) is 24.8 Å². The molecule has 0 bridgehead atoms. The molecule has 0 unspecified atom stereocenters. The van der Waals surface area contributed by atoms with Gasteiger partial charge in [-0.2, -0.15) is 0 Å². The maximum absolute atomic E-state index is 12.8. The standard InChI is InChI=1S/C22H29N3O3S/c1-3-18(2)23-29(27,28)21-11-9-20(10-12-21)22(26)25-15-13-24(14-16-25)17-19-7-5-4-6-8-19/h4-12,18,23H,3,13-17H2,1-2H3/p+1/t18-/m0/s1. The second-order valence-corrected chi connectivity index (χ2v) is 9.37. The minimum absolute atomic E-state index is 0.0393. The third-order valence-electron chi connectivity index (χ3n) is 5.43. The third-order valence-corrected chi connectivity index (χ3v) is 7.04. The first-order chi connectivity index (χ1) is 13.9. The van der Waals surface area contributed by atoms with E-state index in [1.165, 1.54) is 22.6 Å². The molecule has 29 heavy (non-hydrogen) atoms. The summed E-state index contributed by atoms with van der Waals surface area (Å²) in [4.78, 5) is 16.3. The van der Waals surface area contributed by atoms with Gasteiger partial charge in [0.05, 0.1) is 31.1 Å². The van der Waals surface area contributed by atoms with Crippen LogP contribution in [0, 0.1) is 0 Å². The zero-order valence-electron chi connectivity index (χ0n) is 17.1. The van der Waals surface area contributed by atoms with Gasteiger partial charge in [-0.3, -0.25) is 4.79 Å². The van der Waals surface area contributed by atoms with Gasteiger partial charge in [-0.1, -0.05) is 37.3 Å². The van der Waals surface area contributed by atoms with Gasteiger partial charge in [-0.05, 0) is 37.6 Å². The molecule has 1 aliphatic rings. The number of quaternary nitrogens is 1. The summed E-state index contributed by atoms with van der Waals surface area (Å²) in [6.07, 6.45) is 0.716. The van der Waals surface area contributed by atoms with Crippen LogP contribution in [0.1, 0.15) is 36.2 Å². The lowest BCUT2D eigenvalue weighted by Crippen LogP contribution is -3.13. The lowest BCUT2D eigenvalue weighted by Gasteiger charge is -2.32. The quantitative estimate of drug-likeness (QED) is 0.715. The predicted octanol–water partition coefficient (Wildman–Crippen LogP) is 1.30. The number of piperazine rings is 1. The summed E-state index contributed by atoms with van der Waals surface area (Å²) in [7, 11) is -3.55. The van der Waals surface area contributed by atoms with Crippen LogP contribution in [0.15, 0.2) is 59.5 Å². The Morgan fingerprint density at radius 2 is 1.69 bits per heavy atom. The lowest BCUT2D eigenvalue weighted by atomic mass is 10.1. The molecule has 2 aromatic carbocycles. The van der Waals surface area contributed by atoms with Crippen LogP contribution < -0.4 is 9.62 Å². The molecule has 0 radical (unpaired) electrons. The van der Waals surface area contributed by atoms with Crippen molar-refractivity contribution in [1.29, 1.82) is 0 Å². The van der Waals surface area contributed by atoms with Gasteiger partial charge in [0.25, 0.3) is 5.91 Å². The molecule has 1 amide bonds. The average molecular weight is 417 g/mol. The smallest absolute Gasteiger partial charge is 0.254 e. The highest BCUT2D eigenvalue weighted by atomic mass is 32.2. The Hall–Kier alpha value is -2.22. The van der Waals surface area contributed by atoms with E-state index in [0.29, 0.717) is 25.1 Å². The van der Waals surface area contributed by atoms with Crippen LogP contribution in [0.2, 0.25) is 0 Å². The largest absolute Gasteiger partial charge is 0.328 e. The van der Waals surface area contributed by atoms with Crippen LogP contribution in [0.25, 0.3) is 0 Å². The number of carbonyl (C=O) groups is 1. The molecule has 6 nitrogen and oxygen atoms in total. The Morgan fingerprint density at radius 1 is 1.07 bits per heavy atom. The van der Waals surface area contributed by atoms with Crippen LogP contribution in [0.4, 0.5) is 0 Å². The van der Waals surface area contributed by atoms with E-state index in [-0.39, 0.29) is 16.8 Å². The molecule has 0 spiro atoms. The summed E-state index contributed by atoms with van der Waals surface area (Å²) in [5.74, 6) is -0.0393. The van der Waals surface area contributed by atoms with Crippen molar-refractivity contribution in [3.05, 3.63) is 65.7 Å². The molecule has 1 atom stereocenters. The Labute approximate surface area is 173 Å². The van der Waals surface area contributed by atoms with Crippen molar-refractivity contribution in [3.63, 3.8) is 0 Å². The van der Waals surface area contributed by atoms with Crippen molar-refractivity contribution in [1.82, 2.24) is 9.62 Å². The van der Waals surface area contributed by atoms with E-state index in [1.54, 1.807) is 12.1 Å². The summed E-state index contributed by atoms with van der Waals surface area (Å²) >= 11 is 0. The number of rotatable bonds is 7. The topological polar surface area (TPSA) is 70.9 Å². The highest BCUT2D eigenvalue weighted by molar-refractivity contribution is 7.89. The average Bonchev–Trinajstić information content (AvgIpc) is 2.74. The molecule has 0 saturated carbocycles. The number of nitrogens with zero attached hydrogens (tertiary/aromatic N) is 1. The van der Waals surface area contributed by atoms with Crippen LogP contribution in [0.5, 0.6) is 0 Å². The van der Waals surface area contributed by atoms with Gasteiger partial charge in [0.15, 0.2) is 0 Å². The second-order valence-electron chi connectivity index (χ2n) is 7.66. The summed E-state index contributed by atoms with van der Waals surface area (Å²) in [5, 5.41) is 0. The van der Waals surface area contributed by atoms with Gasteiger partial charge in [0, 0.05) is 17.2 Å². The Bertz CT molecular complexity index is 906. The first-order valence-electron chi connectivity index (χ1n) is 10.2. The van der Waals surface area contributed by atoms with E-state index in [0.717, 1.165) is 19.6 Å². The molecule has 1 aliphatic heterocycles. The number of sulfonamides is 1. The maximum atomic E-state index is 12.8. The van der Waals surface area contributed by atoms with E-state index < -0.39 is 10.0 Å². The third kappa shape index (κ3) is 5.65. The fourth-order valence-electron chi connectivity index (χ4n) is 3.46. The van der Waals surface area contributed by atoms with Gasteiger partial charge >= 0.3 is 0 Å². The predicted molar refractivity (Wildman–Crippen MR) is 113 cm³/mol. The number of amides is 1. The number of hydrogen-bond acceptors (Lipinski definition) is 3. The normalized spacial score (nSPS) is 16.6. The molecule has 156 valence electrons. The fraction of sp³-hybridized carbons (Fsp3) is 0.409. The van der Waals surface area contributed by atoms with E-state index in [2.05, 4.69) is 29.0 Å². The van der Waals surface area contributed by atoms with Crippen LogP contribution in [-0.2, 0) is 16.6 Å². The monoisotopic (exact) mass is 416 g/mol. The number of nitrogens with one attached hydrogen (secondary N) is 2. The molecular formula is C22H30N3O3S+. The molecule has 7 heteroatoms. The number of benzene rings is 2. The molecule has 2 aromatic rings. The molecule has 0 aromatic heterocycles. The highest BCUT2D eigenvalue weighted by Gasteiger charge is 2.25. The summed E-state index contributed by atoms with van der Waals surface area (Å²) < 4.78 is 27.4. The zero-order valence-corrected chi connectivity index (χ0v) is 17.9. The fourth-order valence-corrected chi connectivity index (χ4v) is 4.79. The molecule has 1 heterocycles. The second kappa shape index (κ2) is 9.52. The maximum Gasteiger partial charge on any atom is 0.254 e. The molecule has 3 rings (SSSR count). The van der Waals surface area contributed by atoms with Crippen LogP contribution >= 0.6 is 0 Å². The first-order valence-corrected chi connectivity index (χ1v) is 11.7. The molecule has 1 fully saturated rings. The number of carbonyl (C=O) groups excluding carboxylic acids is 1. The zero-order chi connectivity index (χ0) is 20.9. The Kier molecular flexibility index (Phi) is 7.05.